The molecule has 84 valence electrons. The van der Waals surface area contributed by atoms with Crippen molar-refractivity contribution < 1.29 is 9.15 Å². The summed E-state index contributed by atoms with van der Waals surface area (Å²) in [5, 5.41) is 3.22. The first kappa shape index (κ1) is 10.1. The second-order valence-electron chi connectivity index (χ2n) is 3.98. The van der Waals surface area contributed by atoms with Gasteiger partial charge < -0.3 is 9.15 Å². The van der Waals surface area contributed by atoms with Crippen molar-refractivity contribution in [2.24, 2.45) is 0 Å². The zero-order chi connectivity index (χ0) is 10.8. The molecule has 0 spiro atoms. The van der Waals surface area contributed by atoms with Gasteiger partial charge in [0.15, 0.2) is 0 Å². The Balaban J connectivity index is 1.82. The van der Waals surface area contributed by atoms with Crippen LogP contribution in [0.2, 0.25) is 0 Å². The van der Waals surface area contributed by atoms with E-state index in [9.17, 15) is 0 Å². The summed E-state index contributed by atoms with van der Waals surface area (Å²) in [5.41, 5.74) is 2.29. The van der Waals surface area contributed by atoms with Crippen LogP contribution in [0.1, 0.15) is 24.5 Å². The van der Waals surface area contributed by atoms with Gasteiger partial charge in [-0.15, -0.1) is 11.3 Å². The van der Waals surface area contributed by atoms with E-state index < -0.39 is 0 Å². The Kier molecular flexibility index (Phi) is 2.76. The predicted molar refractivity (Wildman–Crippen MR) is 62.6 cm³/mol. The molecule has 1 saturated heterocycles. The summed E-state index contributed by atoms with van der Waals surface area (Å²) in [5.74, 6) is 0.575. The highest BCUT2D eigenvalue weighted by molar-refractivity contribution is 7.13. The van der Waals surface area contributed by atoms with Crippen molar-refractivity contribution in [3.63, 3.8) is 0 Å². The third-order valence-electron chi connectivity index (χ3n) is 2.93. The van der Waals surface area contributed by atoms with Crippen molar-refractivity contribution in [2.45, 2.75) is 18.8 Å². The zero-order valence-corrected chi connectivity index (χ0v) is 9.70. The van der Waals surface area contributed by atoms with Gasteiger partial charge in [-0.3, -0.25) is 0 Å². The fourth-order valence-electron chi connectivity index (χ4n) is 1.99. The Morgan fingerprint density at radius 3 is 2.94 bits per heavy atom. The first-order valence-electron chi connectivity index (χ1n) is 5.49. The van der Waals surface area contributed by atoms with E-state index in [4.69, 9.17) is 9.15 Å². The van der Waals surface area contributed by atoms with Crippen LogP contribution in [0, 0.1) is 0 Å². The number of aromatic nitrogens is 1. The van der Waals surface area contributed by atoms with E-state index in [0.29, 0.717) is 5.92 Å². The molecule has 2 aromatic heterocycles. The molecule has 1 aliphatic rings. The SMILES string of the molecule is c1cc(-c2nc(C3CCOCC3)cs2)co1. The van der Waals surface area contributed by atoms with Gasteiger partial charge in [-0.25, -0.2) is 4.98 Å². The molecule has 3 rings (SSSR count). The van der Waals surface area contributed by atoms with E-state index in [0.717, 1.165) is 36.6 Å². The number of nitrogens with zero attached hydrogens (tertiary/aromatic N) is 1. The largest absolute Gasteiger partial charge is 0.472 e. The molecule has 1 fully saturated rings. The van der Waals surface area contributed by atoms with Crippen LogP contribution >= 0.6 is 11.3 Å². The van der Waals surface area contributed by atoms with Gasteiger partial charge in [0.2, 0.25) is 0 Å². The van der Waals surface area contributed by atoms with E-state index in [-0.39, 0.29) is 0 Å². The molecule has 0 aromatic carbocycles. The average molecular weight is 235 g/mol. The van der Waals surface area contributed by atoms with Crippen LogP contribution in [0.3, 0.4) is 0 Å². The predicted octanol–water partition coefficient (Wildman–Crippen LogP) is 3.30. The molecule has 0 aliphatic carbocycles. The highest BCUT2D eigenvalue weighted by Crippen LogP contribution is 2.31. The van der Waals surface area contributed by atoms with Crippen LogP contribution in [-0.2, 0) is 4.74 Å². The Morgan fingerprint density at radius 1 is 1.31 bits per heavy atom. The van der Waals surface area contributed by atoms with Gasteiger partial charge in [0.1, 0.15) is 11.3 Å². The van der Waals surface area contributed by atoms with Crippen LogP contribution in [0.15, 0.2) is 28.4 Å². The molecule has 0 radical (unpaired) electrons. The first-order chi connectivity index (χ1) is 7.93. The Bertz CT molecular complexity index is 443. The van der Waals surface area contributed by atoms with Crippen molar-refractivity contribution in [3.8, 4) is 10.6 Å². The Labute approximate surface area is 98.1 Å². The lowest BCUT2D eigenvalue weighted by atomic mass is 9.97. The zero-order valence-electron chi connectivity index (χ0n) is 8.89. The van der Waals surface area contributed by atoms with Crippen LogP contribution in [0.5, 0.6) is 0 Å². The molecular weight excluding hydrogens is 222 g/mol. The molecule has 0 amide bonds. The number of furan rings is 1. The molecule has 0 unspecified atom stereocenters. The average Bonchev–Trinajstić information content (AvgIpc) is 3.01. The molecule has 0 N–H and O–H groups in total. The summed E-state index contributed by atoms with van der Waals surface area (Å²) in [7, 11) is 0. The minimum absolute atomic E-state index is 0.575. The van der Waals surface area contributed by atoms with Crippen molar-refractivity contribution in [1.82, 2.24) is 4.98 Å². The summed E-state index contributed by atoms with van der Waals surface area (Å²) in [6.45, 7) is 1.73. The standard InChI is InChI=1S/C12H13NO2S/c1-4-14-5-2-9(1)11-8-16-12(13-11)10-3-6-15-7-10/h3,6-9H,1-2,4-5H2. The van der Waals surface area contributed by atoms with E-state index in [1.807, 2.05) is 6.07 Å². The highest BCUT2D eigenvalue weighted by atomic mass is 32.1. The summed E-state index contributed by atoms with van der Waals surface area (Å²) in [6, 6.07) is 1.95. The van der Waals surface area contributed by atoms with Crippen LogP contribution in [0.4, 0.5) is 0 Å². The lowest BCUT2D eigenvalue weighted by Crippen LogP contribution is -2.14. The molecule has 1 aliphatic heterocycles. The Morgan fingerprint density at radius 2 is 2.19 bits per heavy atom. The molecule has 3 heterocycles. The maximum atomic E-state index is 5.36. The van der Waals surface area contributed by atoms with E-state index in [1.165, 1.54) is 5.69 Å². The number of hydrogen-bond donors (Lipinski definition) is 0. The van der Waals surface area contributed by atoms with Crippen molar-refractivity contribution in [1.29, 1.82) is 0 Å². The number of hydrogen-bond acceptors (Lipinski definition) is 4. The van der Waals surface area contributed by atoms with Crippen molar-refractivity contribution >= 4 is 11.3 Å². The smallest absolute Gasteiger partial charge is 0.126 e. The molecule has 4 heteroatoms. The van der Waals surface area contributed by atoms with Gasteiger partial charge in [-0.1, -0.05) is 0 Å². The number of thiazole rings is 1. The molecule has 3 nitrogen and oxygen atoms in total. The molecular formula is C12H13NO2S. The summed E-state index contributed by atoms with van der Waals surface area (Å²) in [6.07, 6.45) is 5.61. The van der Waals surface area contributed by atoms with E-state index in [1.54, 1.807) is 23.9 Å². The van der Waals surface area contributed by atoms with E-state index >= 15 is 0 Å². The van der Waals surface area contributed by atoms with Crippen LogP contribution in [-0.4, -0.2) is 18.2 Å². The van der Waals surface area contributed by atoms with Gasteiger partial charge in [-0.05, 0) is 18.9 Å². The fourth-order valence-corrected chi connectivity index (χ4v) is 2.87. The number of ether oxygens (including phenoxy) is 1. The molecule has 0 bridgehead atoms. The van der Waals surface area contributed by atoms with Crippen molar-refractivity contribution in [3.05, 3.63) is 29.7 Å². The van der Waals surface area contributed by atoms with Gasteiger partial charge in [0, 0.05) is 30.1 Å². The number of rotatable bonds is 2. The minimum atomic E-state index is 0.575. The van der Waals surface area contributed by atoms with Gasteiger partial charge in [-0.2, -0.15) is 0 Å². The fraction of sp³-hybridized carbons (Fsp3) is 0.417. The van der Waals surface area contributed by atoms with Gasteiger partial charge >= 0.3 is 0 Å². The summed E-state index contributed by atoms with van der Waals surface area (Å²) >= 11 is 1.69. The lowest BCUT2D eigenvalue weighted by molar-refractivity contribution is 0.0846. The summed E-state index contributed by atoms with van der Waals surface area (Å²) < 4.78 is 10.4. The lowest BCUT2D eigenvalue weighted by Gasteiger charge is -2.19. The molecule has 0 saturated carbocycles. The van der Waals surface area contributed by atoms with Crippen LogP contribution < -0.4 is 0 Å². The highest BCUT2D eigenvalue weighted by Gasteiger charge is 2.19. The molecule has 16 heavy (non-hydrogen) atoms. The maximum absolute atomic E-state index is 5.36. The maximum Gasteiger partial charge on any atom is 0.126 e. The third-order valence-corrected chi connectivity index (χ3v) is 3.84. The second-order valence-corrected chi connectivity index (χ2v) is 4.83. The normalized spacial score (nSPS) is 17.8. The summed E-state index contributed by atoms with van der Waals surface area (Å²) in [4.78, 5) is 4.68. The van der Waals surface area contributed by atoms with Gasteiger partial charge in [0.05, 0.1) is 12.0 Å². The Hall–Kier alpha value is -1.13. The first-order valence-corrected chi connectivity index (χ1v) is 6.37. The minimum Gasteiger partial charge on any atom is -0.472 e. The van der Waals surface area contributed by atoms with Crippen LogP contribution in [0.25, 0.3) is 10.6 Å². The quantitative estimate of drug-likeness (QED) is 0.801. The molecule has 0 atom stereocenters. The third kappa shape index (κ3) is 1.90. The van der Waals surface area contributed by atoms with E-state index in [2.05, 4.69) is 10.4 Å². The van der Waals surface area contributed by atoms with Crippen molar-refractivity contribution in [2.75, 3.05) is 13.2 Å². The van der Waals surface area contributed by atoms with Gasteiger partial charge in [0.25, 0.3) is 0 Å². The second kappa shape index (κ2) is 4.39. The molecule has 2 aromatic rings. The monoisotopic (exact) mass is 235 g/mol. The topological polar surface area (TPSA) is 35.3 Å².